The first-order valence-electron chi connectivity index (χ1n) is 11.6. The number of benzene rings is 3. The van der Waals surface area contributed by atoms with Crippen LogP contribution in [0, 0.1) is 5.92 Å². The highest BCUT2D eigenvalue weighted by molar-refractivity contribution is 6.07. The van der Waals surface area contributed by atoms with Crippen LogP contribution in [0.3, 0.4) is 0 Å². The molecular weight excluding hydrogens is 424 g/mol. The molecule has 0 aliphatic heterocycles. The van der Waals surface area contributed by atoms with Gasteiger partial charge in [0, 0.05) is 18.7 Å². The highest BCUT2D eigenvalue weighted by Crippen LogP contribution is 2.21. The summed E-state index contributed by atoms with van der Waals surface area (Å²) in [5, 5.41) is 1.90. The number of amides is 2. The minimum Gasteiger partial charge on any atom is -0.467 e. The lowest BCUT2D eigenvalue weighted by Crippen LogP contribution is -2.44. The second-order valence-corrected chi connectivity index (χ2v) is 8.92. The van der Waals surface area contributed by atoms with Gasteiger partial charge >= 0.3 is 0 Å². The molecule has 0 aliphatic carbocycles. The zero-order valence-corrected chi connectivity index (χ0v) is 19.7. The highest BCUT2D eigenvalue weighted by atomic mass is 16.3. The molecule has 0 unspecified atom stereocenters. The van der Waals surface area contributed by atoms with Crippen molar-refractivity contribution in [2.75, 3.05) is 13.1 Å². The van der Waals surface area contributed by atoms with Crippen LogP contribution in [0.4, 0.5) is 0 Å². The number of hydrogen-bond donors (Lipinski definition) is 0. The van der Waals surface area contributed by atoms with Crippen LogP contribution in [0.1, 0.15) is 35.5 Å². The summed E-state index contributed by atoms with van der Waals surface area (Å²) in [5.74, 6) is 0.686. The monoisotopic (exact) mass is 454 g/mol. The van der Waals surface area contributed by atoms with Crippen molar-refractivity contribution in [1.29, 1.82) is 0 Å². The molecule has 0 bridgehead atoms. The Kier molecular flexibility index (Phi) is 7.43. The van der Waals surface area contributed by atoms with Gasteiger partial charge in [-0.15, -0.1) is 0 Å². The maximum absolute atomic E-state index is 13.7. The van der Waals surface area contributed by atoms with E-state index in [1.165, 1.54) is 0 Å². The van der Waals surface area contributed by atoms with Crippen molar-refractivity contribution < 1.29 is 14.0 Å². The van der Waals surface area contributed by atoms with Crippen LogP contribution in [0.2, 0.25) is 0 Å². The van der Waals surface area contributed by atoms with Gasteiger partial charge in [0.2, 0.25) is 5.91 Å². The van der Waals surface area contributed by atoms with E-state index in [1.807, 2.05) is 84.9 Å². The van der Waals surface area contributed by atoms with Crippen LogP contribution >= 0.6 is 0 Å². The molecule has 1 aromatic heterocycles. The van der Waals surface area contributed by atoms with Crippen LogP contribution < -0.4 is 0 Å². The number of hydrogen-bond acceptors (Lipinski definition) is 3. The average molecular weight is 455 g/mol. The Bertz CT molecular complexity index is 1230. The maximum atomic E-state index is 13.7. The molecule has 1 heterocycles. The predicted octanol–water partition coefficient (Wildman–Crippen LogP) is 5.76. The Morgan fingerprint density at radius 3 is 2.26 bits per heavy atom. The predicted molar refractivity (Wildman–Crippen MR) is 134 cm³/mol. The van der Waals surface area contributed by atoms with Gasteiger partial charge in [-0.2, -0.15) is 0 Å². The van der Waals surface area contributed by atoms with E-state index in [0.29, 0.717) is 31.0 Å². The van der Waals surface area contributed by atoms with Crippen molar-refractivity contribution >= 4 is 22.6 Å². The van der Waals surface area contributed by atoms with Gasteiger partial charge in [0.25, 0.3) is 5.91 Å². The topological polar surface area (TPSA) is 53.8 Å². The minimum atomic E-state index is -0.128. The van der Waals surface area contributed by atoms with Crippen molar-refractivity contribution in [3.05, 3.63) is 108 Å². The zero-order chi connectivity index (χ0) is 23.9. The quantitative estimate of drug-likeness (QED) is 0.323. The highest BCUT2D eigenvalue weighted by Gasteiger charge is 2.25. The fourth-order valence-corrected chi connectivity index (χ4v) is 4.13. The fourth-order valence-electron chi connectivity index (χ4n) is 4.13. The number of nitrogens with zero attached hydrogens (tertiary/aromatic N) is 2. The van der Waals surface area contributed by atoms with E-state index in [1.54, 1.807) is 16.1 Å². The van der Waals surface area contributed by atoms with Crippen molar-refractivity contribution in [2.24, 2.45) is 5.92 Å². The van der Waals surface area contributed by atoms with Crippen LogP contribution in [-0.2, 0) is 17.9 Å². The van der Waals surface area contributed by atoms with E-state index in [-0.39, 0.29) is 24.3 Å². The van der Waals surface area contributed by atoms with Gasteiger partial charge in [-0.05, 0) is 40.5 Å². The summed E-state index contributed by atoms with van der Waals surface area (Å²) in [6.07, 6.45) is 1.61. The van der Waals surface area contributed by atoms with E-state index in [2.05, 4.69) is 13.8 Å². The van der Waals surface area contributed by atoms with Gasteiger partial charge < -0.3 is 14.2 Å². The summed E-state index contributed by atoms with van der Waals surface area (Å²) < 4.78 is 5.51. The minimum absolute atomic E-state index is 0.00771. The molecule has 34 heavy (non-hydrogen) atoms. The molecule has 0 saturated carbocycles. The van der Waals surface area contributed by atoms with Gasteiger partial charge in [-0.3, -0.25) is 9.59 Å². The van der Waals surface area contributed by atoms with Gasteiger partial charge in [-0.25, -0.2) is 0 Å². The number of rotatable bonds is 9. The molecular formula is C29H30N2O3. The number of fused-ring (bicyclic) bond motifs is 1. The smallest absolute Gasteiger partial charge is 0.254 e. The summed E-state index contributed by atoms with van der Waals surface area (Å²) in [4.78, 5) is 30.6. The van der Waals surface area contributed by atoms with E-state index in [4.69, 9.17) is 4.42 Å². The number of carbonyl (C=O) groups excluding carboxylic acids is 2. The third kappa shape index (κ3) is 5.73. The van der Waals surface area contributed by atoms with Crippen LogP contribution in [0.25, 0.3) is 10.8 Å². The van der Waals surface area contributed by atoms with Crippen molar-refractivity contribution in [2.45, 2.75) is 26.9 Å². The molecule has 0 saturated heterocycles. The molecule has 5 heteroatoms. The van der Waals surface area contributed by atoms with E-state index in [0.717, 1.165) is 16.3 Å². The Morgan fingerprint density at radius 2 is 1.53 bits per heavy atom. The molecule has 0 atom stereocenters. The lowest BCUT2D eigenvalue weighted by atomic mass is 10.0. The Balaban J connectivity index is 1.59. The van der Waals surface area contributed by atoms with E-state index in [9.17, 15) is 9.59 Å². The van der Waals surface area contributed by atoms with Crippen molar-refractivity contribution in [1.82, 2.24) is 9.80 Å². The van der Waals surface area contributed by atoms with Gasteiger partial charge in [0.1, 0.15) is 12.3 Å². The Morgan fingerprint density at radius 1 is 0.794 bits per heavy atom. The molecule has 174 valence electrons. The summed E-state index contributed by atoms with van der Waals surface area (Å²) in [5.41, 5.74) is 1.64. The van der Waals surface area contributed by atoms with E-state index >= 15 is 0 Å². The van der Waals surface area contributed by atoms with Crippen molar-refractivity contribution in [3.63, 3.8) is 0 Å². The Hall–Kier alpha value is -3.86. The van der Waals surface area contributed by atoms with Gasteiger partial charge in [0.15, 0.2) is 0 Å². The fraction of sp³-hybridized carbons (Fsp3) is 0.241. The normalized spacial score (nSPS) is 11.0. The second-order valence-electron chi connectivity index (χ2n) is 8.92. The molecule has 0 spiro atoms. The first-order chi connectivity index (χ1) is 16.5. The summed E-state index contributed by atoms with van der Waals surface area (Å²) in [6, 6.07) is 27.1. The second kappa shape index (κ2) is 10.8. The zero-order valence-electron chi connectivity index (χ0n) is 19.7. The first-order valence-corrected chi connectivity index (χ1v) is 11.6. The average Bonchev–Trinajstić information content (AvgIpc) is 3.36. The Labute approximate surface area is 200 Å². The van der Waals surface area contributed by atoms with Crippen LogP contribution in [-0.4, -0.2) is 34.7 Å². The van der Waals surface area contributed by atoms with Gasteiger partial charge in [0.05, 0.1) is 12.8 Å². The van der Waals surface area contributed by atoms with E-state index < -0.39 is 0 Å². The van der Waals surface area contributed by atoms with Crippen molar-refractivity contribution in [3.8, 4) is 0 Å². The molecule has 0 aliphatic rings. The number of carbonyl (C=O) groups is 2. The number of furan rings is 1. The molecule has 4 aromatic rings. The molecule has 2 amide bonds. The first kappa shape index (κ1) is 23.3. The molecule has 0 fully saturated rings. The molecule has 5 nitrogen and oxygen atoms in total. The third-order valence-corrected chi connectivity index (χ3v) is 5.71. The third-order valence-electron chi connectivity index (χ3n) is 5.71. The standard InChI is InChI=1S/C29H30N2O3/c1-22(2)18-31(29(33)27-16-8-13-24-12-6-7-15-26(24)27)21-28(32)30(20-25-14-9-17-34-25)19-23-10-4-3-5-11-23/h3-17,22H,18-21H2,1-2H3. The largest absolute Gasteiger partial charge is 0.467 e. The lowest BCUT2D eigenvalue weighted by molar-refractivity contribution is -0.133. The van der Waals surface area contributed by atoms with Crippen LogP contribution in [0.15, 0.2) is 95.6 Å². The molecule has 0 radical (unpaired) electrons. The lowest BCUT2D eigenvalue weighted by Gasteiger charge is -2.29. The summed E-state index contributed by atoms with van der Waals surface area (Å²) in [7, 11) is 0. The molecule has 4 rings (SSSR count). The summed E-state index contributed by atoms with van der Waals surface area (Å²) >= 11 is 0. The van der Waals surface area contributed by atoms with Gasteiger partial charge in [-0.1, -0.05) is 80.6 Å². The SMILES string of the molecule is CC(C)CN(CC(=O)N(Cc1ccccc1)Cc1ccco1)C(=O)c1cccc2ccccc12. The summed E-state index contributed by atoms with van der Waals surface area (Å²) in [6.45, 7) is 5.40. The van der Waals surface area contributed by atoms with Crippen LogP contribution in [0.5, 0.6) is 0 Å². The molecule has 3 aromatic carbocycles. The maximum Gasteiger partial charge on any atom is 0.254 e. The molecule has 0 N–H and O–H groups in total.